The highest BCUT2D eigenvalue weighted by atomic mass is 14.7. The fourth-order valence-corrected chi connectivity index (χ4v) is 3.86. The topological polar surface area (TPSA) is 12.4 Å². The van der Waals surface area contributed by atoms with Crippen molar-refractivity contribution in [1.82, 2.24) is 0 Å². The Kier molecular flexibility index (Phi) is 4.00. The van der Waals surface area contributed by atoms with E-state index < -0.39 is 0 Å². The maximum absolute atomic E-state index is 4.22. The van der Waals surface area contributed by atoms with Gasteiger partial charge in [-0.2, -0.15) is 0 Å². The largest absolute Gasteiger partial charge is 0.264 e. The Hall–Kier alpha value is -1.11. The molecule has 0 N–H and O–H groups in total. The molecule has 0 aromatic rings. The molecule has 1 heteroatoms. The monoisotopic (exact) mass is 255 g/mol. The third-order valence-corrected chi connectivity index (χ3v) is 4.90. The standard InChI is InChI=1S/C18H25N/c1-14-7-5-6-10-16(11-14)18(17-12-19-13-17)15-8-3-2-4-9-15/h5-6,10,12-15,18H,2-4,7-9,11H2,1H3/t14?,18-/m1/s1. The molecule has 1 fully saturated rings. The van der Waals surface area contributed by atoms with E-state index in [1.165, 1.54) is 50.5 Å². The van der Waals surface area contributed by atoms with Gasteiger partial charge in [-0.15, -0.1) is 0 Å². The number of rotatable bonds is 3. The molecular formula is C18H25N. The van der Waals surface area contributed by atoms with Gasteiger partial charge in [0.1, 0.15) is 0 Å². The molecule has 19 heavy (non-hydrogen) atoms. The van der Waals surface area contributed by atoms with Crippen molar-refractivity contribution in [3.8, 4) is 0 Å². The molecule has 0 spiro atoms. The van der Waals surface area contributed by atoms with Gasteiger partial charge in [-0.1, -0.05) is 50.0 Å². The van der Waals surface area contributed by atoms with Crippen molar-refractivity contribution >= 4 is 6.21 Å². The number of hydrogen-bond acceptors (Lipinski definition) is 1. The summed E-state index contributed by atoms with van der Waals surface area (Å²) in [4.78, 5) is 4.22. The molecule has 0 aromatic carbocycles. The Balaban J connectivity index is 1.81. The van der Waals surface area contributed by atoms with Gasteiger partial charge >= 0.3 is 0 Å². The Morgan fingerprint density at radius 1 is 1.21 bits per heavy atom. The van der Waals surface area contributed by atoms with Crippen LogP contribution in [-0.2, 0) is 0 Å². The minimum Gasteiger partial charge on any atom is -0.264 e. The maximum Gasteiger partial charge on any atom is 0.0321 e. The fraction of sp³-hybridized carbons (Fsp3) is 0.611. The van der Waals surface area contributed by atoms with E-state index in [4.69, 9.17) is 0 Å². The van der Waals surface area contributed by atoms with Gasteiger partial charge in [-0.3, -0.25) is 4.99 Å². The lowest BCUT2D eigenvalue weighted by Gasteiger charge is -2.34. The molecule has 0 amide bonds. The molecule has 3 rings (SSSR count). The summed E-state index contributed by atoms with van der Waals surface area (Å²) < 4.78 is 0. The average molecular weight is 255 g/mol. The van der Waals surface area contributed by atoms with Gasteiger partial charge in [0, 0.05) is 18.3 Å². The highest BCUT2D eigenvalue weighted by Crippen LogP contribution is 2.41. The molecule has 102 valence electrons. The van der Waals surface area contributed by atoms with Crippen molar-refractivity contribution in [3.05, 3.63) is 35.6 Å². The summed E-state index contributed by atoms with van der Waals surface area (Å²) >= 11 is 0. The molecule has 0 radical (unpaired) electrons. The lowest BCUT2D eigenvalue weighted by Crippen LogP contribution is -2.24. The lowest BCUT2D eigenvalue weighted by molar-refractivity contribution is 0.298. The lowest BCUT2D eigenvalue weighted by atomic mass is 9.71. The summed E-state index contributed by atoms with van der Waals surface area (Å²) in [5.41, 5.74) is 3.14. The van der Waals surface area contributed by atoms with Gasteiger partial charge in [-0.05, 0) is 43.1 Å². The minimum atomic E-state index is 0.656. The molecule has 3 aliphatic rings. The van der Waals surface area contributed by atoms with Gasteiger partial charge in [0.15, 0.2) is 0 Å². The van der Waals surface area contributed by atoms with Crippen LogP contribution in [0, 0.1) is 17.8 Å². The molecule has 0 bridgehead atoms. The van der Waals surface area contributed by atoms with Crippen LogP contribution in [0.1, 0.15) is 51.9 Å². The van der Waals surface area contributed by atoms with E-state index in [1.54, 1.807) is 5.57 Å². The molecule has 1 unspecified atom stereocenters. The van der Waals surface area contributed by atoms with Crippen LogP contribution in [0.2, 0.25) is 0 Å². The van der Waals surface area contributed by atoms with E-state index in [0.29, 0.717) is 5.92 Å². The SMILES string of the molecule is CC1CC=CC=C([C@H](C2=CN=C2)C2CCCCC2)C1. The summed E-state index contributed by atoms with van der Waals surface area (Å²) in [6.45, 7) is 2.38. The number of hydrogen-bond donors (Lipinski definition) is 0. The van der Waals surface area contributed by atoms with Crippen LogP contribution in [0.4, 0.5) is 0 Å². The van der Waals surface area contributed by atoms with Gasteiger partial charge in [-0.25, -0.2) is 0 Å². The van der Waals surface area contributed by atoms with Crippen LogP contribution >= 0.6 is 0 Å². The van der Waals surface area contributed by atoms with Gasteiger partial charge < -0.3 is 0 Å². The Morgan fingerprint density at radius 3 is 2.68 bits per heavy atom. The second kappa shape index (κ2) is 5.90. The third kappa shape index (κ3) is 2.91. The van der Waals surface area contributed by atoms with E-state index >= 15 is 0 Å². The van der Waals surface area contributed by atoms with Crippen molar-refractivity contribution in [2.45, 2.75) is 51.9 Å². The highest BCUT2D eigenvalue weighted by molar-refractivity contribution is 5.86. The number of nitrogens with zero attached hydrogens (tertiary/aromatic N) is 1. The zero-order valence-electron chi connectivity index (χ0n) is 12.0. The molecule has 1 heterocycles. The first kappa shape index (κ1) is 12.9. The van der Waals surface area contributed by atoms with Crippen LogP contribution in [0.25, 0.3) is 0 Å². The van der Waals surface area contributed by atoms with Crippen LogP contribution in [0.5, 0.6) is 0 Å². The van der Waals surface area contributed by atoms with Crippen molar-refractivity contribution < 1.29 is 0 Å². The second-order valence-corrected chi connectivity index (χ2v) is 6.50. The summed E-state index contributed by atoms with van der Waals surface area (Å²) in [6.07, 6.45) is 20.8. The Morgan fingerprint density at radius 2 is 2.00 bits per heavy atom. The maximum atomic E-state index is 4.22. The third-order valence-electron chi connectivity index (χ3n) is 4.90. The van der Waals surface area contributed by atoms with E-state index in [-0.39, 0.29) is 0 Å². The van der Waals surface area contributed by atoms with Crippen molar-refractivity contribution in [3.63, 3.8) is 0 Å². The van der Waals surface area contributed by atoms with Gasteiger partial charge in [0.25, 0.3) is 0 Å². The summed E-state index contributed by atoms with van der Waals surface area (Å²) in [6, 6.07) is 0. The van der Waals surface area contributed by atoms with E-state index in [0.717, 1.165) is 11.8 Å². The summed E-state index contributed by atoms with van der Waals surface area (Å²) in [7, 11) is 0. The quantitative estimate of drug-likeness (QED) is 0.668. The predicted molar refractivity (Wildman–Crippen MR) is 82.3 cm³/mol. The fourth-order valence-electron chi connectivity index (χ4n) is 3.86. The Bertz CT molecular complexity index is 433. The molecule has 1 nitrogen and oxygen atoms in total. The Labute approximate surface area is 117 Å². The average Bonchev–Trinajstić information content (AvgIpc) is 2.59. The van der Waals surface area contributed by atoms with E-state index in [9.17, 15) is 0 Å². The number of aliphatic imine (C=N–C) groups is 1. The smallest absolute Gasteiger partial charge is 0.0321 e. The van der Waals surface area contributed by atoms with Crippen LogP contribution in [-0.4, -0.2) is 6.21 Å². The van der Waals surface area contributed by atoms with Crippen molar-refractivity contribution in [2.75, 3.05) is 0 Å². The highest BCUT2D eigenvalue weighted by Gasteiger charge is 2.30. The molecule has 1 aliphatic heterocycles. The first-order chi connectivity index (χ1) is 9.34. The van der Waals surface area contributed by atoms with Gasteiger partial charge in [0.05, 0.1) is 0 Å². The molecule has 0 aromatic heterocycles. The summed E-state index contributed by atoms with van der Waals surface area (Å²) in [5, 5.41) is 0. The predicted octanol–water partition coefficient (Wildman–Crippen LogP) is 5.06. The molecule has 1 saturated carbocycles. The normalized spacial score (nSPS) is 29.2. The van der Waals surface area contributed by atoms with E-state index in [1.807, 2.05) is 0 Å². The molecule has 2 aliphatic carbocycles. The molecular weight excluding hydrogens is 230 g/mol. The first-order valence-corrected chi connectivity index (χ1v) is 7.93. The molecule has 0 saturated heterocycles. The second-order valence-electron chi connectivity index (χ2n) is 6.50. The number of allylic oxidation sites excluding steroid dienone is 5. The van der Waals surface area contributed by atoms with Crippen molar-refractivity contribution in [1.29, 1.82) is 0 Å². The first-order valence-electron chi connectivity index (χ1n) is 7.93. The van der Waals surface area contributed by atoms with Crippen molar-refractivity contribution in [2.24, 2.45) is 22.7 Å². The summed E-state index contributed by atoms with van der Waals surface area (Å²) in [5.74, 6) is 2.30. The molecule has 2 atom stereocenters. The van der Waals surface area contributed by atoms with Crippen LogP contribution in [0.3, 0.4) is 0 Å². The van der Waals surface area contributed by atoms with Crippen LogP contribution < -0.4 is 0 Å². The minimum absolute atomic E-state index is 0.656. The van der Waals surface area contributed by atoms with E-state index in [2.05, 4.69) is 42.6 Å². The van der Waals surface area contributed by atoms with Crippen LogP contribution in [0.15, 0.2) is 40.6 Å². The zero-order valence-corrected chi connectivity index (χ0v) is 12.0. The zero-order chi connectivity index (χ0) is 13.1. The van der Waals surface area contributed by atoms with Gasteiger partial charge in [0.2, 0.25) is 0 Å².